The van der Waals surface area contributed by atoms with E-state index in [-0.39, 0.29) is 23.9 Å². The summed E-state index contributed by atoms with van der Waals surface area (Å²) in [5.41, 5.74) is 3.24. The standard InChI is InChI=1S/C27H32ClN5O4S/c1-15-10-22(38-5)20(26(35)31-15)13-29-25(34)19-11-21(28)24-23(16(19)2)36-27(3,37-24)17-6-8-33(9-7-17)18-12-30-32(4)14-18/h10-12,14,17H,6-9,13H2,1-5H3,(H,29,34)(H,31,35). The van der Waals surface area contributed by atoms with Gasteiger partial charge in [-0.05, 0) is 45.1 Å². The van der Waals surface area contributed by atoms with E-state index < -0.39 is 5.79 Å². The van der Waals surface area contributed by atoms with E-state index in [0.29, 0.717) is 33.2 Å². The number of anilines is 1. The summed E-state index contributed by atoms with van der Waals surface area (Å²) in [6.07, 6.45) is 7.57. The summed E-state index contributed by atoms with van der Waals surface area (Å²) in [6, 6.07) is 3.51. The normalized spacial score (nSPS) is 19.2. The second-order valence-corrected chi connectivity index (χ2v) is 11.3. The van der Waals surface area contributed by atoms with Gasteiger partial charge in [0.1, 0.15) is 0 Å². The summed E-state index contributed by atoms with van der Waals surface area (Å²) in [6.45, 7) is 7.44. The molecule has 1 aromatic carbocycles. The number of nitrogens with zero attached hydrogens (tertiary/aromatic N) is 3. The van der Waals surface area contributed by atoms with Crippen molar-refractivity contribution in [3.63, 3.8) is 0 Å². The highest BCUT2D eigenvalue weighted by Gasteiger charge is 2.47. The fourth-order valence-corrected chi connectivity index (χ4v) is 6.22. The average molecular weight is 558 g/mol. The SMILES string of the molecule is CSc1cc(C)[nH]c(=O)c1CNC(=O)c1cc(Cl)c2c(c1C)OC(C)(C1CCN(c3cnn(C)c3)CC1)O2. The van der Waals surface area contributed by atoms with Gasteiger partial charge in [-0.3, -0.25) is 14.3 Å². The maximum Gasteiger partial charge on any atom is 0.254 e. The van der Waals surface area contributed by atoms with E-state index in [0.717, 1.165) is 42.2 Å². The molecule has 4 heterocycles. The Morgan fingerprint density at radius 3 is 2.63 bits per heavy atom. The Kier molecular flexibility index (Phi) is 7.13. The van der Waals surface area contributed by atoms with Crippen molar-refractivity contribution < 1.29 is 14.3 Å². The first-order valence-electron chi connectivity index (χ1n) is 12.6. The number of carbonyl (C=O) groups is 1. The fourth-order valence-electron chi connectivity index (χ4n) is 5.28. The van der Waals surface area contributed by atoms with Gasteiger partial charge in [0.25, 0.3) is 17.3 Å². The molecule has 1 saturated heterocycles. The van der Waals surface area contributed by atoms with Gasteiger partial charge in [-0.15, -0.1) is 11.8 Å². The third kappa shape index (κ3) is 4.87. The predicted octanol–water partition coefficient (Wildman–Crippen LogP) is 4.43. The van der Waals surface area contributed by atoms with Gasteiger partial charge in [-0.25, -0.2) is 0 Å². The fraction of sp³-hybridized carbons (Fsp3) is 0.444. The molecule has 2 aliphatic heterocycles. The molecule has 1 amide bonds. The Bertz CT molecular complexity index is 1450. The second kappa shape index (κ2) is 10.2. The van der Waals surface area contributed by atoms with Crippen LogP contribution in [-0.4, -0.2) is 45.8 Å². The molecule has 1 atom stereocenters. The van der Waals surface area contributed by atoms with Crippen molar-refractivity contribution in [1.82, 2.24) is 20.1 Å². The number of hydrogen-bond acceptors (Lipinski definition) is 7. The van der Waals surface area contributed by atoms with Gasteiger partial charge in [-0.1, -0.05) is 11.6 Å². The van der Waals surface area contributed by atoms with Crippen LogP contribution < -0.4 is 25.2 Å². The van der Waals surface area contributed by atoms with Crippen LogP contribution in [0.5, 0.6) is 11.5 Å². The predicted molar refractivity (Wildman–Crippen MR) is 149 cm³/mol. The van der Waals surface area contributed by atoms with Gasteiger partial charge in [0, 0.05) is 73.0 Å². The molecular formula is C27H32ClN5O4S. The molecular weight excluding hydrogens is 526 g/mol. The molecule has 0 saturated carbocycles. The molecule has 9 nitrogen and oxygen atoms in total. The van der Waals surface area contributed by atoms with Crippen LogP contribution >= 0.6 is 23.4 Å². The highest BCUT2D eigenvalue weighted by molar-refractivity contribution is 7.98. The number of H-pyrrole nitrogens is 1. The third-order valence-electron chi connectivity index (χ3n) is 7.46. The molecule has 202 valence electrons. The number of carbonyl (C=O) groups excluding carboxylic acids is 1. The largest absolute Gasteiger partial charge is 0.448 e. The summed E-state index contributed by atoms with van der Waals surface area (Å²) < 4.78 is 14.6. The lowest BCUT2D eigenvalue weighted by Crippen LogP contribution is -2.48. The molecule has 0 radical (unpaired) electrons. The van der Waals surface area contributed by atoms with Gasteiger partial charge in [0.05, 0.1) is 16.9 Å². The summed E-state index contributed by atoms with van der Waals surface area (Å²) in [5.74, 6) is -0.0969. The number of pyridine rings is 1. The van der Waals surface area contributed by atoms with E-state index in [2.05, 4.69) is 20.3 Å². The molecule has 3 aromatic rings. The van der Waals surface area contributed by atoms with Crippen molar-refractivity contribution in [2.45, 2.75) is 50.8 Å². The first-order valence-corrected chi connectivity index (χ1v) is 14.2. The van der Waals surface area contributed by atoms with Crippen LogP contribution in [0.25, 0.3) is 0 Å². The van der Waals surface area contributed by atoms with Crippen molar-refractivity contribution >= 4 is 35.0 Å². The van der Waals surface area contributed by atoms with E-state index in [4.69, 9.17) is 21.1 Å². The number of halogens is 1. The monoisotopic (exact) mass is 557 g/mol. The van der Waals surface area contributed by atoms with Gasteiger partial charge in [-0.2, -0.15) is 5.10 Å². The molecule has 0 aliphatic carbocycles. The molecule has 38 heavy (non-hydrogen) atoms. The highest BCUT2D eigenvalue weighted by atomic mass is 35.5. The minimum atomic E-state index is -0.880. The molecule has 5 rings (SSSR count). The number of hydrogen-bond donors (Lipinski definition) is 2. The van der Waals surface area contributed by atoms with Crippen molar-refractivity contribution in [2.75, 3.05) is 24.2 Å². The van der Waals surface area contributed by atoms with Crippen molar-refractivity contribution in [2.24, 2.45) is 13.0 Å². The van der Waals surface area contributed by atoms with Gasteiger partial charge >= 0.3 is 0 Å². The van der Waals surface area contributed by atoms with E-state index >= 15 is 0 Å². The van der Waals surface area contributed by atoms with Crippen LogP contribution in [-0.2, 0) is 13.6 Å². The Morgan fingerprint density at radius 2 is 1.97 bits per heavy atom. The number of aromatic nitrogens is 3. The number of amides is 1. The quantitative estimate of drug-likeness (QED) is 0.432. The van der Waals surface area contributed by atoms with Crippen LogP contribution in [0.4, 0.5) is 5.69 Å². The van der Waals surface area contributed by atoms with Gasteiger partial charge in [0.2, 0.25) is 0 Å². The van der Waals surface area contributed by atoms with Crippen molar-refractivity contribution in [1.29, 1.82) is 0 Å². The van der Waals surface area contributed by atoms with Crippen LogP contribution in [0.15, 0.2) is 34.2 Å². The third-order valence-corrected chi connectivity index (χ3v) is 8.55. The lowest BCUT2D eigenvalue weighted by atomic mass is 9.89. The lowest BCUT2D eigenvalue weighted by Gasteiger charge is -2.39. The first kappa shape index (κ1) is 26.5. The lowest BCUT2D eigenvalue weighted by molar-refractivity contribution is -0.116. The summed E-state index contributed by atoms with van der Waals surface area (Å²) in [4.78, 5) is 31.6. The molecule has 1 unspecified atom stereocenters. The number of nitrogens with one attached hydrogen (secondary N) is 2. The Morgan fingerprint density at radius 1 is 1.26 bits per heavy atom. The van der Waals surface area contributed by atoms with E-state index in [1.807, 2.05) is 57.2 Å². The topological polar surface area (TPSA) is 101 Å². The minimum Gasteiger partial charge on any atom is -0.448 e. The maximum absolute atomic E-state index is 13.2. The molecule has 2 aliphatic rings. The molecule has 0 spiro atoms. The summed E-state index contributed by atoms with van der Waals surface area (Å²) in [7, 11) is 1.92. The first-order chi connectivity index (χ1) is 18.1. The zero-order valence-electron chi connectivity index (χ0n) is 22.2. The van der Waals surface area contributed by atoms with Gasteiger partial charge < -0.3 is 24.7 Å². The number of benzene rings is 1. The number of aryl methyl sites for hydroxylation is 2. The Labute approximate surface area is 230 Å². The summed E-state index contributed by atoms with van der Waals surface area (Å²) in [5, 5.41) is 7.48. The smallest absolute Gasteiger partial charge is 0.254 e. The van der Waals surface area contributed by atoms with Gasteiger partial charge in [0.15, 0.2) is 11.5 Å². The Hall–Kier alpha value is -3.11. The minimum absolute atomic E-state index is 0.101. The van der Waals surface area contributed by atoms with Crippen LogP contribution in [0.2, 0.25) is 5.02 Å². The zero-order valence-corrected chi connectivity index (χ0v) is 23.8. The second-order valence-electron chi connectivity index (χ2n) is 10.1. The van der Waals surface area contributed by atoms with E-state index in [1.54, 1.807) is 6.07 Å². The average Bonchev–Trinajstić information content (AvgIpc) is 3.49. The molecule has 2 aromatic heterocycles. The number of rotatable bonds is 6. The highest BCUT2D eigenvalue weighted by Crippen LogP contribution is 2.51. The number of aromatic amines is 1. The molecule has 0 bridgehead atoms. The zero-order chi connectivity index (χ0) is 27.2. The number of piperidine rings is 1. The number of fused-ring (bicyclic) bond motifs is 1. The Balaban J connectivity index is 1.30. The van der Waals surface area contributed by atoms with Crippen molar-refractivity contribution in [3.05, 3.63) is 62.3 Å². The molecule has 2 N–H and O–H groups in total. The van der Waals surface area contributed by atoms with Crippen LogP contribution in [0, 0.1) is 19.8 Å². The van der Waals surface area contributed by atoms with E-state index in [1.165, 1.54) is 11.8 Å². The van der Waals surface area contributed by atoms with Crippen LogP contribution in [0.1, 0.15) is 46.9 Å². The summed E-state index contributed by atoms with van der Waals surface area (Å²) >= 11 is 8.08. The number of thioether (sulfide) groups is 1. The molecule has 11 heteroatoms. The van der Waals surface area contributed by atoms with Crippen LogP contribution in [0.3, 0.4) is 0 Å². The molecule has 1 fully saturated rings. The number of ether oxygens (including phenoxy) is 2. The van der Waals surface area contributed by atoms with E-state index in [9.17, 15) is 9.59 Å². The van der Waals surface area contributed by atoms with Crippen molar-refractivity contribution in [3.8, 4) is 11.5 Å². The maximum atomic E-state index is 13.2.